The van der Waals surface area contributed by atoms with Gasteiger partial charge in [-0.1, -0.05) is 29.8 Å². The van der Waals surface area contributed by atoms with E-state index in [1.165, 1.54) is 22.5 Å². The van der Waals surface area contributed by atoms with Crippen LogP contribution in [0.5, 0.6) is 0 Å². The SMILES string of the molecule is Cc1ccc(Cn2cccc2CNS(=O)(=O)c2ccc(Br)s2)cc1. The molecule has 0 radical (unpaired) electrons. The Labute approximate surface area is 154 Å². The van der Waals surface area contributed by atoms with Crippen molar-refractivity contribution in [2.24, 2.45) is 0 Å². The van der Waals surface area contributed by atoms with Gasteiger partial charge >= 0.3 is 0 Å². The van der Waals surface area contributed by atoms with E-state index in [2.05, 4.69) is 56.4 Å². The molecule has 4 nitrogen and oxygen atoms in total. The molecular weight excluding hydrogens is 408 g/mol. The molecule has 0 saturated heterocycles. The highest BCUT2D eigenvalue weighted by Gasteiger charge is 2.16. The predicted octanol–water partition coefficient (Wildman–Crippen LogP) is 4.15. The lowest BCUT2D eigenvalue weighted by molar-refractivity contribution is 0.580. The van der Waals surface area contributed by atoms with Crippen LogP contribution in [0.3, 0.4) is 0 Å². The molecule has 0 aliphatic heterocycles. The third-order valence-electron chi connectivity index (χ3n) is 3.65. The van der Waals surface area contributed by atoms with Gasteiger partial charge in [0.2, 0.25) is 10.0 Å². The lowest BCUT2D eigenvalue weighted by Crippen LogP contribution is -2.23. The Hall–Kier alpha value is -1.41. The summed E-state index contributed by atoms with van der Waals surface area (Å²) < 4.78 is 30.5. The first-order chi connectivity index (χ1) is 11.4. The number of nitrogens with one attached hydrogen (secondary N) is 1. The molecule has 0 atom stereocenters. The van der Waals surface area contributed by atoms with E-state index in [1.54, 1.807) is 12.1 Å². The van der Waals surface area contributed by atoms with Gasteiger partial charge in [-0.2, -0.15) is 0 Å². The molecule has 0 aliphatic rings. The van der Waals surface area contributed by atoms with Crippen LogP contribution in [0.4, 0.5) is 0 Å². The highest BCUT2D eigenvalue weighted by molar-refractivity contribution is 9.11. The Morgan fingerprint density at radius 2 is 1.88 bits per heavy atom. The minimum Gasteiger partial charge on any atom is -0.346 e. The lowest BCUT2D eigenvalue weighted by Gasteiger charge is -2.11. The number of aryl methyl sites for hydroxylation is 1. The Morgan fingerprint density at radius 3 is 2.54 bits per heavy atom. The minimum atomic E-state index is -3.49. The standard InChI is InChI=1S/C17H17BrN2O2S2/c1-13-4-6-14(7-5-13)12-20-10-2-3-15(20)11-19-24(21,22)17-9-8-16(18)23-17/h2-10,19H,11-12H2,1H3. The molecule has 3 rings (SSSR count). The molecule has 3 aromatic rings. The predicted molar refractivity (Wildman–Crippen MR) is 101 cm³/mol. The number of aromatic nitrogens is 1. The number of sulfonamides is 1. The Morgan fingerprint density at radius 1 is 1.12 bits per heavy atom. The maximum absolute atomic E-state index is 12.3. The zero-order valence-corrected chi connectivity index (χ0v) is 16.3. The molecule has 0 aliphatic carbocycles. The van der Waals surface area contributed by atoms with Gasteiger partial charge in [-0.3, -0.25) is 0 Å². The van der Waals surface area contributed by atoms with Gasteiger partial charge in [0, 0.05) is 18.4 Å². The summed E-state index contributed by atoms with van der Waals surface area (Å²) >= 11 is 4.49. The van der Waals surface area contributed by atoms with Crippen molar-refractivity contribution in [2.75, 3.05) is 0 Å². The van der Waals surface area contributed by atoms with Crippen LogP contribution in [-0.2, 0) is 23.1 Å². The van der Waals surface area contributed by atoms with Gasteiger partial charge in [0.25, 0.3) is 0 Å². The Balaban J connectivity index is 1.70. The van der Waals surface area contributed by atoms with Crippen LogP contribution in [-0.4, -0.2) is 13.0 Å². The molecule has 126 valence electrons. The zero-order chi connectivity index (χ0) is 17.2. The number of benzene rings is 1. The largest absolute Gasteiger partial charge is 0.346 e. The molecule has 0 unspecified atom stereocenters. The minimum absolute atomic E-state index is 0.261. The summed E-state index contributed by atoms with van der Waals surface area (Å²) in [6.45, 7) is 3.04. The molecule has 7 heteroatoms. The van der Waals surface area contributed by atoms with E-state index in [1.807, 2.05) is 18.3 Å². The zero-order valence-electron chi connectivity index (χ0n) is 13.1. The van der Waals surface area contributed by atoms with Crippen molar-refractivity contribution in [1.82, 2.24) is 9.29 Å². The topological polar surface area (TPSA) is 51.1 Å². The molecule has 1 N–H and O–H groups in total. The third-order valence-corrected chi connectivity index (χ3v) is 7.17. The quantitative estimate of drug-likeness (QED) is 0.645. The summed E-state index contributed by atoms with van der Waals surface area (Å²) in [5.41, 5.74) is 3.33. The first-order valence-electron chi connectivity index (χ1n) is 7.38. The van der Waals surface area contributed by atoms with Crippen LogP contribution in [0.1, 0.15) is 16.8 Å². The fourth-order valence-corrected chi connectivity index (χ4v) is 5.39. The van der Waals surface area contributed by atoms with Crippen molar-refractivity contribution >= 4 is 37.3 Å². The molecule has 0 spiro atoms. The molecule has 1 aromatic carbocycles. The van der Waals surface area contributed by atoms with Gasteiger partial charge in [-0.15, -0.1) is 11.3 Å². The van der Waals surface area contributed by atoms with Gasteiger partial charge < -0.3 is 4.57 Å². The number of rotatable bonds is 6. The van der Waals surface area contributed by atoms with E-state index in [0.717, 1.165) is 16.0 Å². The van der Waals surface area contributed by atoms with Gasteiger partial charge in [0.05, 0.1) is 10.3 Å². The molecule has 24 heavy (non-hydrogen) atoms. The van der Waals surface area contributed by atoms with E-state index in [-0.39, 0.29) is 6.54 Å². The summed E-state index contributed by atoms with van der Waals surface area (Å²) in [5, 5.41) is 0. The third kappa shape index (κ3) is 4.16. The molecule has 2 heterocycles. The summed E-state index contributed by atoms with van der Waals surface area (Å²) in [6.07, 6.45) is 1.96. The second kappa shape index (κ2) is 7.23. The van der Waals surface area contributed by atoms with Gasteiger partial charge in [-0.05, 0) is 52.7 Å². The van der Waals surface area contributed by atoms with Crippen molar-refractivity contribution in [2.45, 2.75) is 24.2 Å². The van der Waals surface area contributed by atoms with Gasteiger partial charge in [0.15, 0.2) is 0 Å². The van der Waals surface area contributed by atoms with Crippen molar-refractivity contribution < 1.29 is 8.42 Å². The van der Waals surface area contributed by atoms with Crippen LogP contribution < -0.4 is 4.72 Å². The van der Waals surface area contributed by atoms with Gasteiger partial charge in [-0.25, -0.2) is 13.1 Å². The fraction of sp³-hybridized carbons (Fsp3) is 0.176. The maximum Gasteiger partial charge on any atom is 0.250 e. The molecule has 0 amide bonds. The molecular formula is C17H17BrN2O2S2. The molecule has 0 saturated carbocycles. The first-order valence-corrected chi connectivity index (χ1v) is 10.5. The second-order valence-corrected chi connectivity index (χ2v) is 9.95. The van der Waals surface area contributed by atoms with E-state index in [0.29, 0.717) is 4.21 Å². The summed E-state index contributed by atoms with van der Waals surface area (Å²) in [6, 6.07) is 15.5. The van der Waals surface area contributed by atoms with Crippen LogP contribution in [0.25, 0.3) is 0 Å². The molecule has 2 aromatic heterocycles. The highest BCUT2D eigenvalue weighted by atomic mass is 79.9. The fourth-order valence-electron chi connectivity index (χ4n) is 2.34. The smallest absolute Gasteiger partial charge is 0.250 e. The summed E-state index contributed by atoms with van der Waals surface area (Å²) in [7, 11) is -3.49. The second-order valence-electron chi connectivity index (χ2n) is 5.50. The number of hydrogen-bond acceptors (Lipinski definition) is 3. The van der Waals surface area contributed by atoms with Crippen molar-refractivity contribution in [1.29, 1.82) is 0 Å². The number of thiophene rings is 1. The lowest BCUT2D eigenvalue weighted by atomic mass is 10.1. The summed E-state index contributed by atoms with van der Waals surface area (Å²) in [5.74, 6) is 0. The van der Waals surface area contributed by atoms with Crippen LogP contribution in [0, 0.1) is 6.92 Å². The van der Waals surface area contributed by atoms with Crippen molar-refractivity contribution in [3.63, 3.8) is 0 Å². The number of halogens is 1. The van der Waals surface area contributed by atoms with Crippen LogP contribution in [0.2, 0.25) is 0 Å². The Kier molecular flexibility index (Phi) is 5.24. The van der Waals surface area contributed by atoms with Crippen LogP contribution in [0.15, 0.2) is 62.7 Å². The van der Waals surface area contributed by atoms with E-state index < -0.39 is 10.0 Å². The van der Waals surface area contributed by atoms with Crippen molar-refractivity contribution in [3.8, 4) is 0 Å². The average Bonchev–Trinajstić information content (AvgIpc) is 3.17. The Bertz CT molecular complexity index is 928. The van der Waals surface area contributed by atoms with Crippen LogP contribution >= 0.6 is 27.3 Å². The highest BCUT2D eigenvalue weighted by Crippen LogP contribution is 2.26. The van der Waals surface area contributed by atoms with E-state index >= 15 is 0 Å². The number of nitrogens with zero attached hydrogens (tertiary/aromatic N) is 1. The maximum atomic E-state index is 12.3. The monoisotopic (exact) mass is 424 g/mol. The van der Waals surface area contributed by atoms with E-state index in [4.69, 9.17) is 0 Å². The van der Waals surface area contributed by atoms with E-state index in [9.17, 15) is 8.42 Å². The molecule has 0 fully saturated rings. The number of hydrogen-bond donors (Lipinski definition) is 1. The van der Waals surface area contributed by atoms with Gasteiger partial charge in [0.1, 0.15) is 4.21 Å². The average molecular weight is 425 g/mol. The summed E-state index contributed by atoms with van der Waals surface area (Å²) in [4.78, 5) is 0. The van der Waals surface area contributed by atoms with Crippen molar-refractivity contribution in [3.05, 3.63) is 75.3 Å². The first kappa shape index (κ1) is 17.4. The normalized spacial score (nSPS) is 11.8. The molecule has 0 bridgehead atoms.